The molecule has 23 heavy (non-hydrogen) atoms. The summed E-state index contributed by atoms with van der Waals surface area (Å²) in [5, 5.41) is 0. The summed E-state index contributed by atoms with van der Waals surface area (Å²) >= 11 is 0. The summed E-state index contributed by atoms with van der Waals surface area (Å²) in [5.41, 5.74) is 0.683. The van der Waals surface area contributed by atoms with Crippen LogP contribution in [0.15, 0.2) is 54.6 Å². The van der Waals surface area contributed by atoms with Gasteiger partial charge in [0.15, 0.2) is 0 Å². The van der Waals surface area contributed by atoms with Gasteiger partial charge < -0.3 is 4.74 Å². The Balaban J connectivity index is 2.14. The molecule has 0 fully saturated rings. The summed E-state index contributed by atoms with van der Waals surface area (Å²) in [6, 6.07) is 16.3. The molecule has 0 aliphatic heterocycles. The molecule has 6 heteroatoms. The second-order valence-electron chi connectivity index (χ2n) is 5.08. The van der Waals surface area contributed by atoms with Crippen LogP contribution in [0.2, 0.25) is 0 Å². The fourth-order valence-corrected chi connectivity index (χ4v) is 2.56. The number of sulfonamides is 1. The van der Waals surface area contributed by atoms with Crippen LogP contribution in [0.5, 0.6) is 11.5 Å². The van der Waals surface area contributed by atoms with Crippen molar-refractivity contribution in [2.75, 3.05) is 5.75 Å². The fraction of sp³-hybridized carbons (Fsp3) is 0.235. The van der Waals surface area contributed by atoms with Gasteiger partial charge in [0, 0.05) is 0 Å². The van der Waals surface area contributed by atoms with E-state index in [1.165, 1.54) is 6.92 Å². The van der Waals surface area contributed by atoms with E-state index in [4.69, 9.17) is 4.74 Å². The maximum absolute atomic E-state index is 12.1. The molecule has 0 saturated heterocycles. The van der Waals surface area contributed by atoms with Crippen molar-refractivity contribution in [2.45, 2.75) is 19.8 Å². The zero-order chi connectivity index (χ0) is 16.9. The van der Waals surface area contributed by atoms with Gasteiger partial charge in [0.2, 0.25) is 15.9 Å². The van der Waals surface area contributed by atoms with Gasteiger partial charge >= 0.3 is 0 Å². The number of benzene rings is 2. The highest BCUT2D eigenvalue weighted by Gasteiger charge is 2.20. The largest absolute Gasteiger partial charge is 0.457 e. The van der Waals surface area contributed by atoms with Crippen molar-refractivity contribution in [3.8, 4) is 11.5 Å². The summed E-state index contributed by atoms with van der Waals surface area (Å²) in [7, 11) is -3.56. The van der Waals surface area contributed by atoms with Crippen LogP contribution >= 0.6 is 0 Å². The topological polar surface area (TPSA) is 72.5 Å². The Labute approximate surface area is 136 Å². The third-order valence-corrected chi connectivity index (χ3v) is 4.64. The molecule has 1 atom stereocenters. The van der Waals surface area contributed by atoms with Gasteiger partial charge in [-0.2, -0.15) is 0 Å². The first-order chi connectivity index (χ1) is 10.9. The number of carbonyl (C=O) groups is 1. The van der Waals surface area contributed by atoms with Crippen LogP contribution in [-0.2, 0) is 14.8 Å². The molecule has 0 aromatic heterocycles. The molecule has 1 amide bonds. The van der Waals surface area contributed by atoms with E-state index in [9.17, 15) is 13.2 Å². The zero-order valence-electron chi connectivity index (χ0n) is 13.0. The summed E-state index contributed by atoms with van der Waals surface area (Å²) in [6.45, 7) is 3.14. The van der Waals surface area contributed by atoms with E-state index in [-0.39, 0.29) is 5.75 Å². The Morgan fingerprint density at radius 1 is 1.09 bits per heavy atom. The van der Waals surface area contributed by atoms with E-state index >= 15 is 0 Å². The lowest BCUT2D eigenvalue weighted by Crippen LogP contribution is -2.34. The number of rotatable bonds is 6. The second kappa shape index (κ2) is 7.28. The molecule has 2 aromatic rings. The molecule has 0 heterocycles. The Bertz CT molecular complexity index is 772. The third-order valence-electron chi connectivity index (χ3n) is 3.37. The van der Waals surface area contributed by atoms with Crippen molar-refractivity contribution in [3.05, 3.63) is 60.2 Å². The minimum absolute atomic E-state index is 0.136. The number of hydrogen-bond acceptors (Lipinski definition) is 4. The minimum atomic E-state index is -3.56. The zero-order valence-corrected chi connectivity index (χ0v) is 13.8. The molecule has 5 nitrogen and oxygen atoms in total. The first kappa shape index (κ1) is 17.0. The normalized spacial score (nSPS) is 12.4. The van der Waals surface area contributed by atoms with E-state index in [0.717, 1.165) is 0 Å². The standard InChI is InChI=1S/C17H19NO4S/c1-3-23(20,21)18-17(19)13(2)14-8-7-11-16(12-14)22-15-9-5-4-6-10-15/h4-13H,3H2,1-2H3,(H,18,19). The predicted octanol–water partition coefficient (Wildman–Crippen LogP) is 3.05. The maximum atomic E-state index is 12.1. The van der Waals surface area contributed by atoms with Crippen LogP contribution < -0.4 is 9.46 Å². The van der Waals surface area contributed by atoms with E-state index in [2.05, 4.69) is 4.72 Å². The summed E-state index contributed by atoms with van der Waals surface area (Å²) < 4.78 is 30.8. The Morgan fingerprint density at radius 3 is 2.39 bits per heavy atom. The van der Waals surface area contributed by atoms with Crippen molar-refractivity contribution in [2.24, 2.45) is 0 Å². The summed E-state index contributed by atoms with van der Waals surface area (Å²) in [5.74, 6) is -0.0100. The van der Waals surface area contributed by atoms with Gasteiger partial charge in [0.05, 0.1) is 11.7 Å². The van der Waals surface area contributed by atoms with Gasteiger partial charge in [0.25, 0.3) is 0 Å². The Kier molecular flexibility index (Phi) is 5.39. The summed E-state index contributed by atoms with van der Waals surface area (Å²) in [4.78, 5) is 12.1. The van der Waals surface area contributed by atoms with Gasteiger partial charge in [-0.05, 0) is 43.7 Å². The van der Waals surface area contributed by atoms with Crippen molar-refractivity contribution >= 4 is 15.9 Å². The van der Waals surface area contributed by atoms with Crippen LogP contribution in [0.1, 0.15) is 25.3 Å². The lowest BCUT2D eigenvalue weighted by molar-refractivity contribution is -0.120. The highest BCUT2D eigenvalue weighted by molar-refractivity contribution is 7.90. The fourth-order valence-electron chi connectivity index (χ4n) is 1.94. The smallest absolute Gasteiger partial charge is 0.240 e. The molecular formula is C17H19NO4S. The SMILES string of the molecule is CCS(=O)(=O)NC(=O)C(C)c1cccc(Oc2ccccc2)c1. The lowest BCUT2D eigenvalue weighted by atomic mass is 10.0. The highest BCUT2D eigenvalue weighted by atomic mass is 32.2. The average Bonchev–Trinajstić information content (AvgIpc) is 2.55. The molecule has 2 aromatic carbocycles. The molecule has 0 bridgehead atoms. The molecule has 0 aliphatic carbocycles. The monoisotopic (exact) mass is 333 g/mol. The van der Waals surface area contributed by atoms with Crippen molar-refractivity contribution in [3.63, 3.8) is 0 Å². The molecule has 1 N–H and O–H groups in total. The van der Waals surface area contributed by atoms with Crippen molar-refractivity contribution in [1.82, 2.24) is 4.72 Å². The van der Waals surface area contributed by atoms with Crippen LogP contribution in [-0.4, -0.2) is 20.1 Å². The van der Waals surface area contributed by atoms with Gasteiger partial charge in [0.1, 0.15) is 11.5 Å². The average molecular weight is 333 g/mol. The van der Waals surface area contributed by atoms with E-state index < -0.39 is 21.8 Å². The van der Waals surface area contributed by atoms with Gasteiger partial charge in [-0.15, -0.1) is 0 Å². The van der Waals surface area contributed by atoms with Crippen molar-refractivity contribution in [1.29, 1.82) is 0 Å². The van der Waals surface area contributed by atoms with E-state index in [0.29, 0.717) is 17.1 Å². The molecular weight excluding hydrogens is 314 g/mol. The Hall–Kier alpha value is -2.34. The minimum Gasteiger partial charge on any atom is -0.457 e. The summed E-state index contributed by atoms with van der Waals surface area (Å²) in [6.07, 6.45) is 0. The molecule has 1 unspecified atom stereocenters. The van der Waals surface area contributed by atoms with Crippen molar-refractivity contribution < 1.29 is 17.9 Å². The van der Waals surface area contributed by atoms with E-state index in [1.54, 1.807) is 31.2 Å². The molecule has 0 aliphatic rings. The highest BCUT2D eigenvalue weighted by Crippen LogP contribution is 2.25. The molecule has 0 spiro atoms. The lowest BCUT2D eigenvalue weighted by Gasteiger charge is -2.13. The third kappa shape index (κ3) is 4.82. The first-order valence-corrected chi connectivity index (χ1v) is 8.93. The maximum Gasteiger partial charge on any atom is 0.240 e. The predicted molar refractivity (Wildman–Crippen MR) is 89.0 cm³/mol. The molecule has 2 rings (SSSR count). The number of nitrogens with one attached hydrogen (secondary N) is 1. The number of hydrogen-bond donors (Lipinski definition) is 1. The second-order valence-corrected chi connectivity index (χ2v) is 7.09. The van der Waals surface area contributed by atoms with Gasteiger partial charge in [-0.1, -0.05) is 30.3 Å². The van der Waals surface area contributed by atoms with Gasteiger partial charge in [-0.25, -0.2) is 8.42 Å². The van der Waals surface area contributed by atoms with Crippen LogP contribution in [0.3, 0.4) is 0 Å². The number of amides is 1. The number of carbonyl (C=O) groups excluding carboxylic acids is 1. The number of para-hydroxylation sites is 1. The number of ether oxygens (including phenoxy) is 1. The molecule has 122 valence electrons. The molecule has 0 radical (unpaired) electrons. The van der Waals surface area contributed by atoms with Crippen LogP contribution in [0.25, 0.3) is 0 Å². The van der Waals surface area contributed by atoms with Gasteiger partial charge in [-0.3, -0.25) is 9.52 Å². The van der Waals surface area contributed by atoms with Crippen LogP contribution in [0, 0.1) is 0 Å². The Morgan fingerprint density at radius 2 is 1.74 bits per heavy atom. The first-order valence-electron chi connectivity index (χ1n) is 7.28. The van der Waals surface area contributed by atoms with Crippen LogP contribution in [0.4, 0.5) is 0 Å². The quantitative estimate of drug-likeness (QED) is 0.882. The molecule has 0 saturated carbocycles. The van der Waals surface area contributed by atoms with E-state index in [1.807, 2.05) is 30.3 Å².